The molecular formula is C24H22N8S. The van der Waals surface area contributed by atoms with Gasteiger partial charge in [0.25, 0.3) is 0 Å². The van der Waals surface area contributed by atoms with Gasteiger partial charge in [-0.05, 0) is 30.2 Å². The van der Waals surface area contributed by atoms with E-state index in [4.69, 9.17) is 15.7 Å². The summed E-state index contributed by atoms with van der Waals surface area (Å²) in [4.78, 5) is 22.3. The zero-order chi connectivity index (χ0) is 22.5. The maximum absolute atomic E-state index is 6.41. The Kier molecular flexibility index (Phi) is 6.14. The number of pyridine rings is 1. The van der Waals surface area contributed by atoms with Gasteiger partial charge in [0.05, 0.1) is 10.4 Å². The molecule has 0 aliphatic rings. The average Bonchev–Trinajstić information content (AvgIpc) is 3.27. The second-order valence-corrected chi connectivity index (χ2v) is 8.37. The van der Waals surface area contributed by atoms with Gasteiger partial charge < -0.3 is 16.4 Å². The van der Waals surface area contributed by atoms with Crippen molar-refractivity contribution in [1.82, 2.24) is 24.9 Å². The molecule has 0 bridgehead atoms. The summed E-state index contributed by atoms with van der Waals surface area (Å²) in [6.45, 7) is 0.583. The smallest absolute Gasteiger partial charge is 0.227 e. The molecule has 33 heavy (non-hydrogen) atoms. The first-order valence-corrected chi connectivity index (χ1v) is 11.4. The molecule has 0 fully saturated rings. The molecule has 0 aliphatic heterocycles. The number of anilines is 3. The fourth-order valence-corrected chi connectivity index (χ4v) is 4.36. The SMILES string of the molecule is NC(CNc1nc(-c2ccncc2)nc2c(Nc3ncccn3)csc12)Cc1ccccc1. The van der Waals surface area contributed by atoms with Crippen LogP contribution in [0, 0.1) is 0 Å². The van der Waals surface area contributed by atoms with E-state index in [9.17, 15) is 0 Å². The highest BCUT2D eigenvalue weighted by atomic mass is 32.1. The highest BCUT2D eigenvalue weighted by Crippen LogP contribution is 2.36. The topological polar surface area (TPSA) is 115 Å². The number of fused-ring (bicyclic) bond motifs is 1. The fourth-order valence-electron chi connectivity index (χ4n) is 3.46. The minimum absolute atomic E-state index is 0.0583. The van der Waals surface area contributed by atoms with Crippen molar-refractivity contribution < 1.29 is 0 Å². The molecule has 8 nitrogen and oxygen atoms in total. The third kappa shape index (κ3) is 4.94. The van der Waals surface area contributed by atoms with E-state index < -0.39 is 0 Å². The van der Waals surface area contributed by atoms with E-state index >= 15 is 0 Å². The molecule has 0 saturated heterocycles. The number of nitrogens with two attached hydrogens (primary N) is 1. The van der Waals surface area contributed by atoms with Crippen LogP contribution in [-0.4, -0.2) is 37.5 Å². The molecule has 1 aromatic carbocycles. The summed E-state index contributed by atoms with van der Waals surface area (Å²) < 4.78 is 0.943. The summed E-state index contributed by atoms with van der Waals surface area (Å²) in [6.07, 6.45) is 7.64. The predicted molar refractivity (Wildman–Crippen MR) is 133 cm³/mol. The monoisotopic (exact) mass is 454 g/mol. The lowest BCUT2D eigenvalue weighted by molar-refractivity contribution is 0.698. The van der Waals surface area contributed by atoms with Crippen molar-refractivity contribution in [3.8, 4) is 11.4 Å². The Morgan fingerprint density at radius 1 is 0.909 bits per heavy atom. The second-order valence-electron chi connectivity index (χ2n) is 7.49. The molecule has 0 amide bonds. The van der Waals surface area contributed by atoms with E-state index in [2.05, 4.69) is 37.7 Å². The summed E-state index contributed by atoms with van der Waals surface area (Å²) in [5, 5.41) is 8.72. The largest absolute Gasteiger partial charge is 0.367 e. The van der Waals surface area contributed by atoms with Gasteiger partial charge in [-0.2, -0.15) is 0 Å². The zero-order valence-corrected chi connectivity index (χ0v) is 18.5. The summed E-state index contributed by atoms with van der Waals surface area (Å²) in [6, 6.07) is 15.8. The van der Waals surface area contributed by atoms with Crippen molar-refractivity contribution in [2.45, 2.75) is 12.5 Å². The van der Waals surface area contributed by atoms with Gasteiger partial charge in [0.15, 0.2) is 5.82 Å². The molecule has 4 heterocycles. The zero-order valence-electron chi connectivity index (χ0n) is 17.7. The molecule has 1 atom stereocenters. The summed E-state index contributed by atoms with van der Waals surface area (Å²) in [5.74, 6) is 1.88. The van der Waals surface area contributed by atoms with E-state index in [0.717, 1.165) is 33.7 Å². The molecule has 164 valence electrons. The maximum atomic E-state index is 6.41. The first-order valence-electron chi connectivity index (χ1n) is 10.5. The van der Waals surface area contributed by atoms with Gasteiger partial charge in [0.2, 0.25) is 5.95 Å². The van der Waals surface area contributed by atoms with Crippen LogP contribution in [0.5, 0.6) is 0 Å². The van der Waals surface area contributed by atoms with E-state index in [1.807, 2.05) is 35.7 Å². The van der Waals surface area contributed by atoms with Crippen molar-refractivity contribution >= 4 is 39.0 Å². The van der Waals surface area contributed by atoms with Crippen molar-refractivity contribution in [1.29, 1.82) is 0 Å². The molecule has 1 unspecified atom stereocenters. The Labute approximate surface area is 195 Å². The second kappa shape index (κ2) is 9.68. The number of benzene rings is 1. The molecule has 5 rings (SSSR count). The number of nitrogens with zero attached hydrogens (tertiary/aromatic N) is 5. The van der Waals surface area contributed by atoms with Crippen LogP contribution in [0.4, 0.5) is 17.5 Å². The van der Waals surface area contributed by atoms with Crippen LogP contribution in [-0.2, 0) is 6.42 Å². The van der Waals surface area contributed by atoms with E-state index in [1.54, 1.807) is 42.2 Å². The van der Waals surface area contributed by atoms with Crippen LogP contribution in [0.2, 0.25) is 0 Å². The standard InChI is InChI=1S/C24H22N8S/c25-18(13-16-5-2-1-3-6-16)14-29-23-21-20(31-22(32-23)17-7-11-26-12-8-17)19(15-33-21)30-24-27-9-4-10-28-24/h1-12,15,18H,13-14,25H2,(H,27,28,30)(H,29,31,32). The van der Waals surface area contributed by atoms with Crippen molar-refractivity contribution in [3.63, 3.8) is 0 Å². The van der Waals surface area contributed by atoms with Gasteiger partial charge in [0.1, 0.15) is 11.3 Å². The van der Waals surface area contributed by atoms with E-state index in [1.165, 1.54) is 5.56 Å². The summed E-state index contributed by atoms with van der Waals surface area (Å²) in [5.41, 5.74) is 10.1. The Hall–Kier alpha value is -3.95. The van der Waals surface area contributed by atoms with Gasteiger partial charge in [-0.1, -0.05) is 30.3 Å². The summed E-state index contributed by atoms with van der Waals surface area (Å²) >= 11 is 1.56. The molecule has 0 aliphatic carbocycles. The normalized spacial score (nSPS) is 11.9. The molecule has 9 heteroatoms. The van der Waals surface area contributed by atoms with Gasteiger partial charge in [-0.3, -0.25) is 4.98 Å². The first-order chi connectivity index (χ1) is 16.3. The Morgan fingerprint density at radius 2 is 1.70 bits per heavy atom. The van der Waals surface area contributed by atoms with Gasteiger partial charge in [0, 0.05) is 48.3 Å². The van der Waals surface area contributed by atoms with Crippen molar-refractivity contribution in [3.05, 3.63) is 84.3 Å². The van der Waals surface area contributed by atoms with Gasteiger partial charge in [-0.25, -0.2) is 19.9 Å². The maximum Gasteiger partial charge on any atom is 0.227 e. The minimum atomic E-state index is -0.0583. The predicted octanol–water partition coefficient (Wildman–Crippen LogP) is 4.27. The van der Waals surface area contributed by atoms with E-state index in [0.29, 0.717) is 18.3 Å². The van der Waals surface area contributed by atoms with Crippen molar-refractivity contribution in [2.24, 2.45) is 5.73 Å². The van der Waals surface area contributed by atoms with Crippen LogP contribution in [0.3, 0.4) is 0 Å². The Balaban J connectivity index is 1.46. The number of hydrogen-bond donors (Lipinski definition) is 3. The number of rotatable bonds is 8. The van der Waals surface area contributed by atoms with Crippen LogP contribution < -0.4 is 16.4 Å². The molecule has 5 aromatic rings. The molecule has 4 N–H and O–H groups in total. The van der Waals surface area contributed by atoms with E-state index in [-0.39, 0.29) is 6.04 Å². The quantitative estimate of drug-likeness (QED) is 0.318. The van der Waals surface area contributed by atoms with Crippen LogP contribution in [0.15, 0.2) is 78.7 Å². The third-order valence-corrected chi connectivity index (χ3v) is 6.01. The lowest BCUT2D eigenvalue weighted by Crippen LogP contribution is -2.31. The number of thiophene rings is 1. The third-order valence-electron chi connectivity index (χ3n) is 5.04. The molecule has 0 radical (unpaired) electrons. The molecular weight excluding hydrogens is 432 g/mol. The average molecular weight is 455 g/mol. The Morgan fingerprint density at radius 3 is 2.48 bits per heavy atom. The summed E-state index contributed by atoms with van der Waals surface area (Å²) in [7, 11) is 0. The van der Waals surface area contributed by atoms with Gasteiger partial charge in [-0.15, -0.1) is 11.3 Å². The minimum Gasteiger partial charge on any atom is -0.367 e. The lowest BCUT2D eigenvalue weighted by Gasteiger charge is -2.14. The number of hydrogen-bond acceptors (Lipinski definition) is 9. The highest BCUT2D eigenvalue weighted by molar-refractivity contribution is 7.18. The fraction of sp³-hybridized carbons (Fsp3) is 0.125. The lowest BCUT2D eigenvalue weighted by atomic mass is 10.1. The van der Waals surface area contributed by atoms with Crippen LogP contribution in [0.1, 0.15) is 5.56 Å². The number of aromatic nitrogens is 5. The molecule has 0 spiro atoms. The van der Waals surface area contributed by atoms with Crippen LogP contribution in [0.25, 0.3) is 21.6 Å². The van der Waals surface area contributed by atoms with Crippen molar-refractivity contribution in [2.75, 3.05) is 17.2 Å². The highest BCUT2D eigenvalue weighted by Gasteiger charge is 2.16. The van der Waals surface area contributed by atoms with Gasteiger partial charge >= 0.3 is 0 Å². The molecule has 0 saturated carbocycles. The van der Waals surface area contributed by atoms with Crippen LogP contribution >= 0.6 is 11.3 Å². The first kappa shape index (κ1) is 20.9. The molecule has 4 aromatic heterocycles. The Bertz CT molecular complexity index is 1330. The number of nitrogens with one attached hydrogen (secondary N) is 2.